The second kappa shape index (κ2) is 10.3. The molecule has 2 heterocycles. The maximum absolute atomic E-state index is 14.0. The van der Waals surface area contributed by atoms with Crippen LogP contribution in [0.4, 0.5) is 10.1 Å². The number of benzene rings is 2. The Bertz CT molecular complexity index is 1240. The molecule has 2 aliphatic heterocycles. The molecule has 4 rings (SSSR count). The minimum atomic E-state index is -4.25. The first-order valence-electron chi connectivity index (χ1n) is 11.6. The molecule has 2 aromatic rings. The van der Waals surface area contributed by atoms with Crippen molar-refractivity contribution in [2.75, 3.05) is 37.6 Å². The summed E-state index contributed by atoms with van der Waals surface area (Å²) in [6, 6.07) is 6.49. The lowest BCUT2D eigenvalue weighted by atomic mass is 9.88. The first kappa shape index (κ1) is 25.2. The van der Waals surface area contributed by atoms with E-state index in [0.717, 1.165) is 31.6 Å². The van der Waals surface area contributed by atoms with Crippen LogP contribution in [-0.2, 0) is 14.8 Å². The summed E-state index contributed by atoms with van der Waals surface area (Å²) in [5.74, 6) is -1.73. The van der Waals surface area contributed by atoms with Crippen molar-refractivity contribution in [3.8, 4) is 5.75 Å². The quantitative estimate of drug-likeness (QED) is 0.533. The lowest BCUT2D eigenvalue weighted by Gasteiger charge is -2.29. The molecule has 188 valence electrons. The molecule has 0 aliphatic carbocycles. The lowest BCUT2D eigenvalue weighted by Crippen LogP contribution is -2.29. The van der Waals surface area contributed by atoms with E-state index in [1.807, 2.05) is 13.8 Å². The summed E-state index contributed by atoms with van der Waals surface area (Å²) >= 11 is 0. The van der Waals surface area contributed by atoms with Gasteiger partial charge in [-0.2, -0.15) is 0 Å². The minimum Gasteiger partial charge on any atom is -0.490 e. The van der Waals surface area contributed by atoms with Crippen LogP contribution in [0.1, 0.15) is 47.7 Å². The average Bonchev–Trinajstić information content (AvgIpc) is 3.30. The topological polar surface area (TPSA) is 105 Å². The number of nitrogens with one attached hydrogen (secondary N) is 1. The smallest absolute Gasteiger partial charge is 0.341 e. The van der Waals surface area contributed by atoms with E-state index in [9.17, 15) is 22.7 Å². The number of ether oxygens (including phenoxy) is 2. The fraction of sp³-hybridized carbons (Fsp3) is 0.400. The largest absolute Gasteiger partial charge is 0.490 e. The molecule has 8 nitrogen and oxygen atoms in total. The van der Waals surface area contributed by atoms with E-state index in [1.165, 1.54) is 12.1 Å². The van der Waals surface area contributed by atoms with Crippen LogP contribution in [0.2, 0.25) is 0 Å². The van der Waals surface area contributed by atoms with Gasteiger partial charge >= 0.3 is 5.97 Å². The number of nitrogens with zero attached hydrogens (tertiary/aromatic N) is 1. The highest BCUT2D eigenvalue weighted by Gasteiger charge is 2.38. The van der Waals surface area contributed by atoms with E-state index in [1.54, 1.807) is 18.2 Å². The SMILES string of the molecule is CCN(CC)CC=Cc1cc(F)ccc1S(=O)(=O)Nc1ccc2c(c1C(=O)O)OCC1OCCC21. The number of carboxylic acid groups (broad SMARTS) is 1. The number of likely N-dealkylation sites (N-methyl/N-ethyl adjacent to an activating group) is 1. The van der Waals surface area contributed by atoms with Gasteiger partial charge in [0.15, 0.2) is 0 Å². The third-order valence-corrected chi connectivity index (χ3v) is 7.90. The van der Waals surface area contributed by atoms with E-state index >= 15 is 0 Å². The number of hydrogen-bond acceptors (Lipinski definition) is 6. The van der Waals surface area contributed by atoms with Crippen LogP contribution in [0.3, 0.4) is 0 Å². The zero-order valence-corrected chi connectivity index (χ0v) is 20.5. The van der Waals surface area contributed by atoms with Gasteiger partial charge in [-0.25, -0.2) is 17.6 Å². The number of aromatic carboxylic acids is 1. The van der Waals surface area contributed by atoms with Crippen molar-refractivity contribution in [2.24, 2.45) is 0 Å². The Labute approximate surface area is 204 Å². The molecule has 0 saturated carbocycles. The Hall–Kier alpha value is -2.95. The second-order valence-corrected chi connectivity index (χ2v) is 10.2. The Kier molecular flexibility index (Phi) is 7.44. The average molecular weight is 505 g/mol. The van der Waals surface area contributed by atoms with Crippen LogP contribution in [0.5, 0.6) is 5.75 Å². The van der Waals surface area contributed by atoms with Crippen molar-refractivity contribution in [3.05, 3.63) is 58.9 Å². The molecule has 10 heteroatoms. The summed E-state index contributed by atoms with van der Waals surface area (Å²) in [7, 11) is -4.25. The highest BCUT2D eigenvalue weighted by Crippen LogP contribution is 2.44. The first-order valence-corrected chi connectivity index (χ1v) is 13.1. The van der Waals surface area contributed by atoms with Crippen LogP contribution in [-0.4, -0.2) is 63.3 Å². The van der Waals surface area contributed by atoms with Gasteiger partial charge in [-0.15, -0.1) is 0 Å². The molecule has 0 aromatic heterocycles. The van der Waals surface area contributed by atoms with E-state index in [-0.39, 0.29) is 46.1 Å². The van der Waals surface area contributed by atoms with Crippen molar-refractivity contribution in [1.82, 2.24) is 4.90 Å². The number of hydrogen-bond donors (Lipinski definition) is 2. The van der Waals surface area contributed by atoms with Crippen LogP contribution >= 0.6 is 0 Å². The van der Waals surface area contributed by atoms with Crippen molar-refractivity contribution in [3.63, 3.8) is 0 Å². The van der Waals surface area contributed by atoms with Crippen molar-refractivity contribution >= 4 is 27.8 Å². The van der Waals surface area contributed by atoms with E-state index in [2.05, 4.69) is 9.62 Å². The van der Waals surface area contributed by atoms with Gasteiger partial charge in [-0.3, -0.25) is 4.72 Å². The van der Waals surface area contributed by atoms with Crippen LogP contribution in [0.15, 0.2) is 41.3 Å². The predicted molar refractivity (Wildman–Crippen MR) is 130 cm³/mol. The van der Waals surface area contributed by atoms with E-state index in [0.29, 0.717) is 18.7 Å². The number of anilines is 1. The molecule has 2 atom stereocenters. The number of fused-ring (bicyclic) bond motifs is 3. The zero-order valence-electron chi connectivity index (χ0n) is 19.7. The predicted octanol–water partition coefficient (Wildman–Crippen LogP) is 3.94. The number of rotatable bonds is 9. The van der Waals surface area contributed by atoms with Gasteiger partial charge in [0.2, 0.25) is 0 Å². The van der Waals surface area contributed by atoms with Crippen LogP contribution < -0.4 is 9.46 Å². The molecular formula is C25H29FN2O6S. The maximum Gasteiger partial charge on any atom is 0.341 e. The Balaban J connectivity index is 1.68. The first-order chi connectivity index (χ1) is 16.7. The molecule has 0 spiro atoms. The normalized spacial score (nSPS) is 19.4. The van der Waals surface area contributed by atoms with Gasteiger partial charge in [0.1, 0.15) is 23.7 Å². The van der Waals surface area contributed by atoms with Gasteiger partial charge in [0.05, 0.1) is 16.7 Å². The summed E-state index contributed by atoms with van der Waals surface area (Å²) in [4.78, 5) is 14.1. The molecule has 2 aromatic carbocycles. The number of carbonyl (C=O) groups is 1. The summed E-state index contributed by atoms with van der Waals surface area (Å²) < 4.78 is 54.4. The zero-order chi connectivity index (χ0) is 25.2. The van der Waals surface area contributed by atoms with Gasteiger partial charge in [-0.05, 0) is 49.3 Å². The van der Waals surface area contributed by atoms with Crippen LogP contribution in [0.25, 0.3) is 6.08 Å². The van der Waals surface area contributed by atoms with Gasteiger partial charge < -0.3 is 19.5 Å². The van der Waals surface area contributed by atoms with Gasteiger partial charge in [0, 0.05) is 24.6 Å². The third kappa shape index (κ3) is 5.19. The third-order valence-electron chi connectivity index (χ3n) is 6.46. The second-order valence-electron chi connectivity index (χ2n) is 8.50. The molecule has 1 saturated heterocycles. The van der Waals surface area contributed by atoms with Gasteiger partial charge in [0.25, 0.3) is 10.0 Å². The fourth-order valence-electron chi connectivity index (χ4n) is 4.58. The van der Waals surface area contributed by atoms with Crippen LogP contribution in [0, 0.1) is 5.82 Å². The van der Waals surface area contributed by atoms with Crippen molar-refractivity contribution in [1.29, 1.82) is 0 Å². The number of carboxylic acids is 1. The van der Waals surface area contributed by atoms with Crippen molar-refractivity contribution < 1.29 is 32.2 Å². The molecule has 2 unspecified atom stereocenters. The molecule has 35 heavy (non-hydrogen) atoms. The molecule has 0 radical (unpaired) electrons. The highest BCUT2D eigenvalue weighted by molar-refractivity contribution is 7.92. The Morgan fingerprint density at radius 2 is 2.03 bits per heavy atom. The standard InChI is InChI=1S/C25H29FN2O6S/c1-3-28(4-2)12-5-6-16-14-17(26)7-10-22(16)35(31,32)27-20-9-8-19-18-11-13-33-21(18)15-34-24(19)23(20)25(29)30/h5-10,14,18,21,27H,3-4,11-13,15H2,1-2H3,(H,29,30). The molecule has 0 amide bonds. The summed E-state index contributed by atoms with van der Waals surface area (Å²) in [5.41, 5.74) is 0.496. The summed E-state index contributed by atoms with van der Waals surface area (Å²) in [6.07, 6.45) is 3.93. The fourth-order valence-corrected chi connectivity index (χ4v) is 5.84. The highest BCUT2D eigenvalue weighted by atomic mass is 32.2. The maximum atomic E-state index is 14.0. The molecule has 2 N–H and O–H groups in total. The lowest BCUT2D eigenvalue weighted by molar-refractivity contribution is 0.0484. The molecule has 0 bridgehead atoms. The van der Waals surface area contributed by atoms with E-state index in [4.69, 9.17) is 9.47 Å². The summed E-state index contributed by atoms with van der Waals surface area (Å²) in [5, 5.41) is 9.92. The molecule has 1 fully saturated rings. The minimum absolute atomic E-state index is 0.00199. The Morgan fingerprint density at radius 1 is 1.26 bits per heavy atom. The number of halogens is 1. The summed E-state index contributed by atoms with van der Waals surface area (Å²) in [6.45, 7) is 7.01. The molecular weight excluding hydrogens is 475 g/mol. The van der Waals surface area contributed by atoms with E-state index < -0.39 is 21.8 Å². The van der Waals surface area contributed by atoms with Gasteiger partial charge in [-0.1, -0.05) is 32.1 Å². The Morgan fingerprint density at radius 3 is 2.74 bits per heavy atom. The number of sulfonamides is 1. The van der Waals surface area contributed by atoms with Crippen molar-refractivity contribution in [2.45, 2.75) is 37.2 Å². The molecule has 2 aliphatic rings. The monoisotopic (exact) mass is 504 g/mol.